The molecule has 0 amide bonds. The van der Waals surface area contributed by atoms with Gasteiger partial charge in [0.2, 0.25) is 5.95 Å². The zero-order valence-corrected chi connectivity index (χ0v) is 11.0. The number of aromatic nitrogens is 2. The summed E-state index contributed by atoms with van der Waals surface area (Å²) < 4.78 is 3.12. The Morgan fingerprint density at radius 3 is 2.69 bits per heavy atom. The van der Waals surface area contributed by atoms with Crippen molar-refractivity contribution in [3.8, 4) is 0 Å². The Morgan fingerprint density at radius 2 is 2.12 bits per heavy atom. The van der Waals surface area contributed by atoms with Crippen LogP contribution in [0.2, 0.25) is 0 Å². The van der Waals surface area contributed by atoms with Crippen LogP contribution in [0.4, 0.5) is 5.95 Å². The summed E-state index contributed by atoms with van der Waals surface area (Å²) in [5, 5.41) is 0. The molecule has 2 N–H and O–H groups in total. The number of hydrogen-bond acceptors (Lipinski definition) is 2. The lowest BCUT2D eigenvalue weighted by molar-refractivity contribution is 0.782. The summed E-state index contributed by atoms with van der Waals surface area (Å²) in [5.74, 6) is 0.564. The number of aryl methyl sites for hydroxylation is 2. The zero-order valence-electron chi connectivity index (χ0n) is 9.37. The molecule has 84 valence electrons. The lowest BCUT2D eigenvalue weighted by atomic mass is 10.1. The van der Waals surface area contributed by atoms with Crippen molar-refractivity contribution in [2.75, 3.05) is 5.73 Å². The largest absolute Gasteiger partial charge is 0.369 e. The number of benzene rings is 1. The number of imidazole rings is 1. The van der Waals surface area contributed by atoms with Gasteiger partial charge in [-0.25, -0.2) is 4.98 Å². The fourth-order valence-corrected chi connectivity index (χ4v) is 2.03. The fourth-order valence-electron chi connectivity index (χ4n) is 1.60. The maximum atomic E-state index is 5.80. The Hall–Kier alpha value is -1.29. The average molecular weight is 280 g/mol. The molecular formula is C12H14BrN3. The molecule has 0 unspecified atom stereocenters. The van der Waals surface area contributed by atoms with E-state index in [4.69, 9.17) is 5.73 Å². The molecule has 16 heavy (non-hydrogen) atoms. The van der Waals surface area contributed by atoms with Gasteiger partial charge in [0.05, 0.1) is 12.7 Å². The van der Waals surface area contributed by atoms with Crippen LogP contribution in [-0.4, -0.2) is 9.55 Å². The summed E-state index contributed by atoms with van der Waals surface area (Å²) in [6.07, 6.45) is 1.79. The maximum Gasteiger partial charge on any atom is 0.200 e. The highest BCUT2D eigenvalue weighted by Gasteiger charge is 2.05. The molecule has 0 fully saturated rings. The van der Waals surface area contributed by atoms with E-state index >= 15 is 0 Å². The molecule has 0 aliphatic heterocycles. The molecule has 1 aromatic heterocycles. The highest BCUT2D eigenvalue weighted by atomic mass is 79.9. The molecule has 0 aliphatic carbocycles. The first-order valence-corrected chi connectivity index (χ1v) is 5.90. The lowest BCUT2D eigenvalue weighted by Crippen LogP contribution is -2.06. The number of rotatable bonds is 2. The quantitative estimate of drug-likeness (QED) is 0.919. The van der Waals surface area contributed by atoms with Gasteiger partial charge < -0.3 is 10.3 Å². The Bertz CT molecular complexity index is 497. The zero-order chi connectivity index (χ0) is 11.7. The Labute approximate surface area is 103 Å². The molecule has 0 bridgehead atoms. The van der Waals surface area contributed by atoms with Gasteiger partial charge in [0.25, 0.3) is 0 Å². The van der Waals surface area contributed by atoms with E-state index in [1.165, 1.54) is 11.1 Å². The standard InChI is InChI=1S/C12H14BrN3/c1-8-3-4-10(5-11(8)13)7-16-9(2)6-15-12(16)14/h3-6H,7H2,1-2H3,(H2,14,15). The predicted octanol–water partition coefficient (Wildman–Crippen LogP) is 2.89. The summed E-state index contributed by atoms with van der Waals surface area (Å²) in [5.41, 5.74) is 9.32. The van der Waals surface area contributed by atoms with Gasteiger partial charge in [0.15, 0.2) is 0 Å². The van der Waals surface area contributed by atoms with Crippen LogP contribution in [0.3, 0.4) is 0 Å². The van der Waals surface area contributed by atoms with Crippen LogP contribution in [0.1, 0.15) is 16.8 Å². The summed E-state index contributed by atoms with van der Waals surface area (Å²) in [6.45, 7) is 4.84. The van der Waals surface area contributed by atoms with E-state index in [1.807, 2.05) is 11.5 Å². The van der Waals surface area contributed by atoms with Crippen molar-refractivity contribution in [2.45, 2.75) is 20.4 Å². The van der Waals surface area contributed by atoms with Crippen LogP contribution in [-0.2, 0) is 6.54 Å². The number of nitrogens with two attached hydrogens (primary N) is 1. The molecule has 2 rings (SSSR count). The predicted molar refractivity (Wildman–Crippen MR) is 69.4 cm³/mol. The summed E-state index contributed by atoms with van der Waals surface area (Å²) in [4.78, 5) is 4.08. The van der Waals surface area contributed by atoms with Crippen molar-refractivity contribution < 1.29 is 0 Å². The molecule has 2 aromatic rings. The van der Waals surface area contributed by atoms with Crippen LogP contribution in [0.5, 0.6) is 0 Å². The first kappa shape index (κ1) is 11.2. The SMILES string of the molecule is Cc1ccc(Cn2c(C)cnc2N)cc1Br. The van der Waals surface area contributed by atoms with Gasteiger partial charge in [-0.15, -0.1) is 0 Å². The number of nitrogen functional groups attached to an aromatic ring is 1. The number of nitrogens with zero attached hydrogens (tertiary/aromatic N) is 2. The molecule has 1 aromatic carbocycles. The molecule has 4 heteroatoms. The van der Waals surface area contributed by atoms with E-state index in [0.29, 0.717) is 5.95 Å². The third kappa shape index (κ3) is 2.11. The minimum Gasteiger partial charge on any atom is -0.369 e. The second kappa shape index (κ2) is 4.29. The van der Waals surface area contributed by atoms with Crippen molar-refractivity contribution in [1.82, 2.24) is 9.55 Å². The van der Waals surface area contributed by atoms with Crippen LogP contribution in [0.15, 0.2) is 28.9 Å². The first-order chi connectivity index (χ1) is 7.58. The van der Waals surface area contributed by atoms with Gasteiger partial charge in [0, 0.05) is 10.2 Å². The molecule has 0 atom stereocenters. The third-order valence-corrected chi connectivity index (χ3v) is 3.52. The number of halogens is 1. The molecule has 0 radical (unpaired) electrons. The summed E-state index contributed by atoms with van der Waals surface area (Å²) >= 11 is 3.53. The second-order valence-corrected chi connectivity index (χ2v) is 4.78. The normalized spacial score (nSPS) is 10.7. The lowest BCUT2D eigenvalue weighted by Gasteiger charge is -2.08. The van der Waals surface area contributed by atoms with E-state index < -0.39 is 0 Å². The van der Waals surface area contributed by atoms with Crippen molar-refractivity contribution in [3.05, 3.63) is 45.7 Å². The summed E-state index contributed by atoms with van der Waals surface area (Å²) in [6, 6.07) is 6.33. The highest BCUT2D eigenvalue weighted by Crippen LogP contribution is 2.19. The van der Waals surface area contributed by atoms with Gasteiger partial charge in [0.1, 0.15) is 0 Å². The van der Waals surface area contributed by atoms with Crippen molar-refractivity contribution >= 4 is 21.9 Å². The molecule has 0 spiro atoms. The number of hydrogen-bond donors (Lipinski definition) is 1. The van der Waals surface area contributed by atoms with E-state index in [0.717, 1.165) is 16.7 Å². The van der Waals surface area contributed by atoms with Crippen LogP contribution in [0.25, 0.3) is 0 Å². The van der Waals surface area contributed by atoms with Gasteiger partial charge >= 0.3 is 0 Å². The molecular weight excluding hydrogens is 266 g/mol. The second-order valence-electron chi connectivity index (χ2n) is 3.93. The molecule has 0 saturated carbocycles. The van der Waals surface area contributed by atoms with Crippen molar-refractivity contribution in [3.63, 3.8) is 0 Å². The minimum absolute atomic E-state index is 0.564. The van der Waals surface area contributed by atoms with Crippen molar-refractivity contribution in [2.24, 2.45) is 0 Å². The fraction of sp³-hybridized carbons (Fsp3) is 0.250. The molecule has 0 saturated heterocycles. The molecule has 1 heterocycles. The highest BCUT2D eigenvalue weighted by molar-refractivity contribution is 9.10. The van der Waals surface area contributed by atoms with Crippen LogP contribution in [0, 0.1) is 13.8 Å². The Morgan fingerprint density at radius 1 is 1.38 bits per heavy atom. The third-order valence-electron chi connectivity index (χ3n) is 2.66. The van der Waals surface area contributed by atoms with Crippen LogP contribution < -0.4 is 5.73 Å². The topological polar surface area (TPSA) is 43.8 Å². The molecule has 3 nitrogen and oxygen atoms in total. The van der Waals surface area contributed by atoms with E-state index in [9.17, 15) is 0 Å². The monoisotopic (exact) mass is 279 g/mol. The van der Waals surface area contributed by atoms with Gasteiger partial charge in [-0.3, -0.25) is 0 Å². The van der Waals surface area contributed by atoms with Gasteiger partial charge in [-0.05, 0) is 31.0 Å². The summed E-state index contributed by atoms with van der Waals surface area (Å²) in [7, 11) is 0. The maximum absolute atomic E-state index is 5.80. The van der Waals surface area contributed by atoms with Crippen LogP contribution >= 0.6 is 15.9 Å². The number of anilines is 1. The van der Waals surface area contributed by atoms with Gasteiger partial charge in [-0.2, -0.15) is 0 Å². The van der Waals surface area contributed by atoms with E-state index in [2.05, 4.69) is 46.0 Å². The van der Waals surface area contributed by atoms with E-state index in [1.54, 1.807) is 6.20 Å². The average Bonchev–Trinajstić information content (AvgIpc) is 2.55. The minimum atomic E-state index is 0.564. The molecule has 0 aliphatic rings. The first-order valence-electron chi connectivity index (χ1n) is 5.10. The smallest absolute Gasteiger partial charge is 0.200 e. The van der Waals surface area contributed by atoms with Gasteiger partial charge in [-0.1, -0.05) is 28.1 Å². The van der Waals surface area contributed by atoms with Crippen molar-refractivity contribution in [1.29, 1.82) is 0 Å². The Balaban J connectivity index is 2.31. The van der Waals surface area contributed by atoms with E-state index in [-0.39, 0.29) is 0 Å². The Kier molecular flexibility index (Phi) is 3.01.